The van der Waals surface area contributed by atoms with Gasteiger partial charge in [0.1, 0.15) is 5.60 Å². The average Bonchev–Trinajstić information content (AvgIpc) is 3.00. The van der Waals surface area contributed by atoms with Crippen LogP contribution in [0.25, 0.3) is 0 Å². The van der Waals surface area contributed by atoms with Gasteiger partial charge in [0.15, 0.2) is 5.78 Å². The van der Waals surface area contributed by atoms with Crippen LogP contribution < -0.4 is 5.32 Å². The minimum Gasteiger partial charge on any atom is -0.444 e. The lowest BCUT2D eigenvalue weighted by atomic mass is 9.98. The van der Waals surface area contributed by atoms with Gasteiger partial charge in [-0.15, -0.1) is 11.3 Å². The molecule has 0 unspecified atom stereocenters. The van der Waals surface area contributed by atoms with Crippen LogP contribution in [0.1, 0.15) is 43.3 Å². The van der Waals surface area contributed by atoms with Crippen molar-refractivity contribution in [1.82, 2.24) is 10.2 Å². The molecule has 0 spiro atoms. The second-order valence-corrected chi connectivity index (χ2v) is 7.91. The molecule has 1 aromatic heterocycles. The second kappa shape index (κ2) is 7.93. The van der Waals surface area contributed by atoms with E-state index in [1.54, 1.807) is 4.90 Å². The fourth-order valence-electron chi connectivity index (χ4n) is 2.64. The quantitative estimate of drug-likeness (QED) is 0.838. The highest BCUT2D eigenvalue weighted by atomic mass is 32.1. The maximum atomic E-state index is 12.1. The van der Waals surface area contributed by atoms with Crippen LogP contribution in [0.2, 0.25) is 0 Å². The number of amides is 1. The minimum atomic E-state index is -0.463. The molecule has 2 heterocycles. The summed E-state index contributed by atoms with van der Waals surface area (Å²) in [4.78, 5) is 26.6. The van der Waals surface area contributed by atoms with E-state index >= 15 is 0 Å². The van der Waals surface area contributed by atoms with E-state index in [-0.39, 0.29) is 11.9 Å². The van der Waals surface area contributed by atoms with E-state index in [2.05, 4.69) is 5.32 Å². The van der Waals surface area contributed by atoms with Crippen molar-refractivity contribution >= 4 is 23.2 Å². The van der Waals surface area contributed by atoms with E-state index < -0.39 is 5.60 Å². The molecule has 1 aromatic rings. The van der Waals surface area contributed by atoms with Gasteiger partial charge in [0, 0.05) is 19.6 Å². The van der Waals surface area contributed by atoms with E-state index in [1.807, 2.05) is 38.3 Å². The summed E-state index contributed by atoms with van der Waals surface area (Å²) in [6.07, 6.45) is 1.81. The van der Waals surface area contributed by atoms with Crippen LogP contribution in [0.5, 0.6) is 0 Å². The first-order valence-electron chi connectivity index (χ1n) is 8.10. The number of carbonyl (C=O) groups is 2. The van der Waals surface area contributed by atoms with Crippen molar-refractivity contribution in [3.8, 4) is 0 Å². The molecule has 1 saturated heterocycles. The predicted molar refractivity (Wildman–Crippen MR) is 92.1 cm³/mol. The van der Waals surface area contributed by atoms with E-state index in [1.165, 1.54) is 11.3 Å². The normalized spacial score (nSPS) is 18.7. The fraction of sp³-hybridized carbons (Fsp3) is 0.647. The van der Waals surface area contributed by atoms with Gasteiger partial charge in [-0.25, -0.2) is 4.79 Å². The topological polar surface area (TPSA) is 58.6 Å². The number of ketones is 1. The zero-order valence-electron chi connectivity index (χ0n) is 14.1. The van der Waals surface area contributed by atoms with Crippen LogP contribution in [-0.2, 0) is 4.74 Å². The van der Waals surface area contributed by atoms with Gasteiger partial charge in [-0.05, 0) is 51.0 Å². The van der Waals surface area contributed by atoms with Crippen molar-refractivity contribution in [3.63, 3.8) is 0 Å². The number of likely N-dealkylation sites (tertiary alicyclic amines) is 1. The zero-order valence-corrected chi connectivity index (χ0v) is 14.9. The maximum Gasteiger partial charge on any atom is 0.410 e. The Labute approximate surface area is 142 Å². The molecule has 2 rings (SSSR count). The summed E-state index contributed by atoms with van der Waals surface area (Å²) in [7, 11) is 0. The Bertz CT molecular complexity index is 522. The lowest BCUT2D eigenvalue weighted by molar-refractivity contribution is 0.0166. The Morgan fingerprint density at radius 3 is 2.87 bits per heavy atom. The molecule has 6 heteroatoms. The first-order chi connectivity index (χ1) is 10.8. The number of hydrogen-bond acceptors (Lipinski definition) is 5. The van der Waals surface area contributed by atoms with Gasteiger partial charge in [-0.3, -0.25) is 4.79 Å². The molecule has 0 aromatic carbocycles. The summed E-state index contributed by atoms with van der Waals surface area (Å²) in [6, 6.07) is 3.73. The predicted octanol–water partition coefficient (Wildman–Crippen LogP) is 3.17. The maximum absolute atomic E-state index is 12.1. The molecule has 0 bridgehead atoms. The van der Waals surface area contributed by atoms with Gasteiger partial charge in [-0.2, -0.15) is 0 Å². The Kier molecular flexibility index (Phi) is 6.18. The molecule has 0 radical (unpaired) electrons. The number of nitrogens with zero attached hydrogens (tertiary/aromatic N) is 1. The van der Waals surface area contributed by atoms with Crippen molar-refractivity contribution in [3.05, 3.63) is 22.4 Å². The first-order valence-corrected chi connectivity index (χ1v) is 8.98. The van der Waals surface area contributed by atoms with Crippen molar-refractivity contribution in [2.75, 3.05) is 26.2 Å². The zero-order chi connectivity index (χ0) is 16.9. The lowest BCUT2D eigenvalue weighted by Gasteiger charge is -2.34. The van der Waals surface area contributed by atoms with E-state index in [0.29, 0.717) is 19.0 Å². The third-order valence-electron chi connectivity index (χ3n) is 3.69. The number of carbonyl (C=O) groups excluding carboxylic acids is 2. The third-order valence-corrected chi connectivity index (χ3v) is 4.60. The van der Waals surface area contributed by atoms with Crippen LogP contribution in [-0.4, -0.2) is 48.6 Å². The lowest BCUT2D eigenvalue weighted by Crippen LogP contribution is -2.45. The molecular weight excluding hydrogens is 312 g/mol. The van der Waals surface area contributed by atoms with Crippen molar-refractivity contribution < 1.29 is 14.3 Å². The van der Waals surface area contributed by atoms with Crippen molar-refractivity contribution in [1.29, 1.82) is 0 Å². The molecule has 0 saturated carbocycles. The average molecular weight is 338 g/mol. The summed E-state index contributed by atoms with van der Waals surface area (Å²) < 4.78 is 5.43. The number of Topliss-reactive ketones (excluding diaryl/α,β-unsaturated/α-hetero) is 1. The Morgan fingerprint density at radius 2 is 2.22 bits per heavy atom. The van der Waals surface area contributed by atoms with Crippen LogP contribution in [0.15, 0.2) is 17.5 Å². The van der Waals surface area contributed by atoms with Crippen LogP contribution >= 0.6 is 11.3 Å². The number of nitrogens with one attached hydrogen (secondary N) is 1. The van der Waals surface area contributed by atoms with Gasteiger partial charge < -0.3 is 15.0 Å². The number of thiophene rings is 1. The molecule has 1 fully saturated rings. The summed E-state index contributed by atoms with van der Waals surface area (Å²) in [6.45, 7) is 8.17. The van der Waals surface area contributed by atoms with Gasteiger partial charge in [0.25, 0.3) is 0 Å². The summed E-state index contributed by atoms with van der Waals surface area (Å²) >= 11 is 1.47. The van der Waals surface area contributed by atoms with Crippen LogP contribution in [0, 0.1) is 5.92 Å². The highest BCUT2D eigenvalue weighted by molar-refractivity contribution is 7.12. The van der Waals surface area contributed by atoms with E-state index in [0.717, 1.165) is 30.8 Å². The molecule has 0 aliphatic carbocycles. The standard InChI is InChI=1S/C17H26N2O3S/c1-17(2,3)22-16(21)19-8-4-6-13(12-19)10-18-11-14(20)15-7-5-9-23-15/h5,7,9,13,18H,4,6,8,10-12H2,1-3H3/t13-/m0/s1. The van der Waals surface area contributed by atoms with E-state index in [4.69, 9.17) is 4.74 Å². The third kappa shape index (κ3) is 5.95. The van der Waals surface area contributed by atoms with Crippen molar-refractivity contribution in [2.24, 2.45) is 5.92 Å². The molecule has 23 heavy (non-hydrogen) atoms. The van der Waals surface area contributed by atoms with Gasteiger partial charge in [0.2, 0.25) is 0 Å². The van der Waals surface area contributed by atoms with Crippen molar-refractivity contribution in [2.45, 2.75) is 39.2 Å². The summed E-state index contributed by atoms with van der Waals surface area (Å²) in [5, 5.41) is 5.14. The highest BCUT2D eigenvalue weighted by Gasteiger charge is 2.27. The summed E-state index contributed by atoms with van der Waals surface area (Å²) in [5.74, 6) is 0.493. The molecule has 128 valence electrons. The number of piperidine rings is 1. The number of ether oxygens (including phenoxy) is 1. The molecule has 1 aliphatic heterocycles. The highest BCUT2D eigenvalue weighted by Crippen LogP contribution is 2.19. The SMILES string of the molecule is CC(C)(C)OC(=O)N1CCC[C@@H](CNCC(=O)c2cccs2)C1. The van der Waals surface area contributed by atoms with Gasteiger partial charge in [0.05, 0.1) is 11.4 Å². The van der Waals surface area contributed by atoms with Crippen LogP contribution in [0.4, 0.5) is 4.79 Å². The Hall–Kier alpha value is -1.40. The molecular formula is C17H26N2O3S. The molecule has 5 nitrogen and oxygen atoms in total. The molecule has 1 aliphatic rings. The Morgan fingerprint density at radius 1 is 1.43 bits per heavy atom. The smallest absolute Gasteiger partial charge is 0.410 e. The van der Waals surface area contributed by atoms with E-state index in [9.17, 15) is 9.59 Å². The number of rotatable bonds is 5. The number of hydrogen-bond donors (Lipinski definition) is 1. The first kappa shape index (κ1) is 17.9. The monoisotopic (exact) mass is 338 g/mol. The minimum absolute atomic E-state index is 0.125. The molecule has 1 atom stereocenters. The molecule has 1 amide bonds. The fourth-order valence-corrected chi connectivity index (χ4v) is 3.30. The largest absolute Gasteiger partial charge is 0.444 e. The Balaban J connectivity index is 1.73. The van der Waals surface area contributed by atoms with Gasteiger partial charge in [-0.1, -0.05) is 6.07 Å². The summed E-state index contributed by atoms with van der Waals surface area (Å²) in [5.41, 5.74) is -0.463. The van der Waals surface area contributed by atoms with Gasteiger partial charge >= 0.3 is 6.09 Å². The molecule has 1 N–H and O–H groups in total. The second-order valence-electron chi connectivity index (χ2n) is 6.97. The van der Waals surface area contributed by atoms with Crippen LogP contribution in [0.3, 0.4) is 0 Å².